The summed E-state index contributed by atoms with van der Waals surface area (Å²) in [6.45, 7) is 6.32. The molecule has 0 bridgehead atoms. The summed E-state index contributed by atoms with van der Waals surface area (Å²) in [6.07, 6.45) is 0.166. The summed E-state index contributed by atoms with van der Waals surface area (Å²) in [4.78, 5) is 13.1. The molecule has 0 aromatic heterocycles. The van der Waals surface area contributed by atoms with Gasteiger partial charge in [0.15, 0.2) is 0 Å². The highest BCUT2D eigenvalue weighted by atomic mass is 32.2. The Morgan fingerprint density at radius 2 is 2.35 bits per heavy atom. The molecule has 1 heterocycles. The van der Waals surface area contributed by atoms with Gasteiger partial charge in [0.1, 0.15) is 6.04 Å². The predicted molar refractivity (Wildman–Crippen MR) is 69.4 cm³/mol. The Balaban J connectivity index is 2.40. The zero-order valence-electron chi connectivity index (χ0n) is 10.7. The maximum atomic E-state index is 10.9. The number of carboxylic acid groups (broad SMARTS) is 1. The van der Waals surface area contributed by atoms with Gasteiger partial charge in [-0.05, 0) is 20.9 Å². The summed E-state index contributed by atoms with van der Waals surface area (Å²) in [5, 5.41) is 8.92. The van der Waals surface area contributed by atoms with Crippen molar-refractivity contribution in [2.45, 2.75) is 30.7 Å². The molecular formula is C11H22N2O3S. The fourth-order valence-corrected chi connectivity index (χ4v) is 2.76. The van der Waals surface area contributed by atoms with Gasteiger partial charge in [0.05, 0.1) is 12.7 Å². The quantitative estimate of drug-likeness (QED) is 0.739. The van der Waals surface area contributed by atoms with Crippen molar-refractivity contribution in [1.82, 2.24) is 4.90 Å². The van der Waals surface area contributed by atoms with Crippen molar-refractivity contribution < 1.29 is 14.6 Å². The van der Waals surface area contributed by atoms with Gasteiger partial charge in [0.2, 0.25) is 0 Å². The van der Waals surface area contributed by atoms with E-state index >= 15 is 0 Å². The normalized spacial score (nSPS) is 24.6. The molecule has 1 aliphatic rings. The van der Waals surface area contributed by atoms with E-state index in [4.69, 9.17) is 15.6 Å². The van der Waals surface area contributed by atoms with Crippen molar-refractivity contribution in [2.24, 2.45) is 5.73 Å². The molecule has 0 aromatic rings. The van der Waals surface area contributed by atoms with E-state index in [1.807, 2.05) is 13.8 Å². The molecule has 100 valence electrons. The van der Waals surface area contributed by atoms with E-state index in [9.17, 15) is 4.79 Å². The van der Waals surface area contributed by atoms with E-state index in [0.29, 0.717) is 0 Å². The molecule has 0 spiro atoms. The van der Waals surface area contributed by atoms with Crippen molar-refractivity contribution in [2.75, 3.05) is 32.5 Å². The molecule has 0 amide bonds. The Morgan fingerprint density at radius 1 is 1.71 bits per heavy atom. The summed E-state index contributed by atoms with van der Waals surface area (Å²) in [5.41, 5.74) is 5.67. The monoisotopic (exact) mass is 262 g/mol. The first-order chi connectivity index (χ1) is 7.83. The smallest absolute Gasteiger partial charge is 0.321 e. The Morgan fingerprint density at radius 3 is 2.88 bits per heavy atom. The SMILES string of the molecule is CN1CCOC(CSC(C)(C)[C@H](N)C(=O)O)C1. The summed E-state index contributed by atoms with van der Waals surface area (Å²) in [6, 6.07) is -0.853. The van der Waals surface area contributed by atoms with E-state index in [1.165, 1.54) is 0 Å². The number of rotatable bonds is 5. The van der Waals surface area contributed by atoms with E-state index in [1.54, 1.807) is 11.8 Å². The van der Waals surface area contributed by atoms with Crippen molar-refractivity contribution >= 4 is 17.7 Å². The lowest BCUT2D eigenvalue weighted by atomic mass is 10.1. The molecule has 3 N–H and O–H groups in total. The Labute approximate surface area is 107 Å². The van der Waals surface area contributed by atoms with Crippen LogP contribution in [-0.2, 0) is 9.53 Å². The van der Waals surface area contributed by atoms with Crippen LogP contribution in [0.5, 0.6) is 0 Å². The molecule has 0 saturated carbocycles. The highest BCUT2D eigenvalue weighted by Gasteiger charge is 2.33. The second kappa shape index (κ2) is 6.04. The Kier molecular flexibility index (Phi) is 5.24. The van der Waals surface area contributed by atoms with Crippen LogP contribution in [0, 0.1) is 0 Å². The molecule has 17 heavy (non-hydrogen) atoms. The summed E-state index contributed by atoms with van der Waals surface area (Å²) in [7, 11) is 2.06. The fourth-order valence-electron chi connectivity index (χ4n) is 1.66. The van der Waals surface area contributed by atoms with E-state index in [-0.39, 0.29) is 6.10 Å². The number of aliphatic carboxylic acids is 1. The first-order valence-electron chi connectivity index (χ1n) is 5.75. The number of hydrogen-bond donors (Lipinski definition) is 2. The average molecular weight is 262 g/mol. The van der Waals surface area contributed by atoms with Crippen LogP contribution in [0.25, 0.3) is 0 Å². The van der Waals surface area contributed by atoms with Crippen LogP contribution in [0.2, 0.25) is 0 Å². The van der Waals surface area contributed by atoms with Gasteiger partial charge in [-0.2, -0.15) is 11.8 Å². The van der Waals surface area contributed by atoms with Gasteiger partial charge >= 0.3 is 5.97 Å². The highest BCUT2D eigenvalue weighted by Crippen LogP contribution is 2.29. The minimum Gasteiger partial charge on any atom is -0.480 e. The number of likely N-dealkylation sites (N-methyl/N-ethyl adjacent to an activating group) is 1. The third-order valence-electron chi connectivity index (χ3n) is 3.00. The van der Waals surface area contributed by atoms with Gasteiger partial charge in [0, 0.05) is 23.6 Å². The molecule has 0 aromatic carbocycles. The number of thioether (sulfide) groups is 1. The molecule has 6 heteroatoms. The number of ether oxygens (including phenoxy) is 1. The van der Waals surface area contributed by atoms with Gasteiger partial charge in [-0.1, -0.05) is 0 Å². The maximum Gasteiger partial charge on any atom is 0.321 e. The number of morpholine rings is 1. The van der Waals surface area contributed by atoms with Crippen LogP contribution in [0.1, 0.15) is 13.8 Å². The van der Waals surface area contributed by atoms with Crippen molar-refractivity contribution in [3.63, 3.8) is 0 Å². The predicted octanol–water partition coefficient (Wildman–Crippen LogP) is 0.241. The van der Waals surface area contributed by atoms with Crippen LogP contribution in [0.4, 0.5) is 0 Å². The standard InChI is InChI=1S/C11H22N2O3S/c1-11(2,9(12)10(14)15)17-7-8-6-13(3)4-5-16-8/h8-9H,4-7,12H2,1-3H3,(H,14,15)/t8?,9-/m1/s1. The van der Waals surface area contributed by atoms with E-state index < -0.39 is 16.8 Å². The number of nitrogens with zero attached hydrogens (tertiary/aromatic N) is 1. The second-order valence-electron chi connectivity index (χ2n) is 4.99. The van der Waals surface area contributed by atoms with Gasteiger partial charge in [-0.25, -0.2) is 0 Å². The number of carbonyl (C=O) groups is 1. The molecule has 1 fully saturated rings. The lowest BCUT2D eigenvalue weighted by Gasteiger charge is -2.33. The van der Waals surface area contributed by atoms with Crippen LogP contribution in [-0.4, -0.2) is 65.4 Å². The van der Waals surface area contributed by atoms with Crippen molar-refractivity contribution in [1.29, 1.82) is 0 Å². The Hall–Kier alpha value is -0.300. The van der Waals surface area contributed by atoms with Crippen LogP contribution >= 0.6 is 11.8 Å². The van der Waals surface area contributed by atoms with Crippen molar-refractivity contribution in [3.05, 3.63) is 0 Å². The summed E-state index contributed by atoms with van der Waals surface area (Å²) < 4.78 is 5.15. The lowest BCUT2D eigenvalue weighted by Crippen LogP contribution is -2.48. The van der Waals surface area contributed by atoms with Gasteiger partial charge in [0.25, 0.3) is 0 Å². The number of nitrogens with two attached hydrogens (primary N) is 1. The third kappa shape index (κ3) is 4.46. The number of hydrogen-bond acceptors (Lipinski definition) is 5. The lowest BCUT2D eigenvalue weighted by molar-refractivity contribution is -0.139. The summed E-state index contributed by atoms with van der Waals surface area (Å²) >= 11 is 1.57. The molecule has 1 unspecified atom stereocenters. The highest BCUT2D eigenvalue weighted by molar-refractivity contribution is 8.00. The maximum absolute atomic E-state index is 10.9. The second-order valence-corrected chi connectivity index (χ2v) is 6.66. The van der Waals surface area contributed by atoms with Gasteiger partial charge < -0.3 is 20.5 Å². The molecule has 1 aliphatic heterocycles. The molecule has 2 atom stereocenters. The molecule has 5 nitrogen and oxygen atoms in total. The molecule has 0 aliphatic carbocycles. The molecule has 1 saturated heterocycles. The first kappa shape index (κ1) is 14.8. The molecule has 1 rings (SSSR count). The van der Waals surface area contributed by atoms with Crippen LogP contribution < -0.4 is 5.73 Å². The fraction of sp³-hybridized carbons (Fsp3) is 0.909. The minimum atomic E-state index is -0.954. The number of carboxylic acids is 1. The minimum absolute atomic E-state index is 0.166. The molecular weight excluding hydrogens is 240 g/mol. The van der Waals surface area contributed by atoms with Gasteiger partial charge in [-0.3, -0.25) is 4.79 Å². The largest absolute Gasteiger partial charge is 0.480 e. The topological polar surface area (TPSA) is 75.8 Å². The average Bonchev–Trinajstić information content (AvgIpc) is 2.25. The molecule has 0 radical (unpaired) electrons. The van der Waals surface area contributed by atoms with Crippen LogP contribution in [0.15, 0.2) is 0 Å². The Bertz CT molecular complexity index is 273. The zero-order valence-corrected chi connectivity index (χ0v) is 11.5. The first-order valence-corrected chi connectivity index (χ1v) is 6.74. The van der Waals surface area contributed by atoms with Crippen LogP contribution in [0.3, 0.4) is 0 Å². The zero-order chi connectivity index (χ0) is 13.1. The van der Waals surface area contributed by atoms with E-state index in [2.05, 4.69) is 11.9 Å². The van der Waals surface area contributed by atoms with Crippen molar-refractivity contribution in [3.8, 4) is 0 Å². The third-order valence-corrected chi connectivity index (χ3v) is 4.53. The van der Waals surface area contributed by atoms with E-state index in [0.717, 1.165) is 25.4 Å². The van der Waals surface area contributed by atoms with Gasteiger partial charge in [-0.15, -0.1) is 0 Å². The summed E-state index contributed by atoms with van der Waals surface area (Å²) in [5.74, 6) is -0.178.